The molecule has 0 saturated heterocycles. The minimum atomic E-state index is -0.912. The van der Waals surface area contributed by atoms with Crippen LogP contribution >= 0.6 is 0 Å². The molecule has 1 N–H and O–H groups in total. The summed E-state index contributed by atoms with van der Waals surface area (Å²) in [6, 6.07) is 10.2. The van der Waals surface area contributed by atoms with Crippen molar-refractivity contribution in [2.45, 2.75) is 19.4 Å². The Bertz CT molecular complexity index is 671. The molecule has 2 aromatic carbocycles. The van der Waals surface area contributed by atoms with E-state index in [9.17, 15) is 13.6 Å². The van der Waals surface area contributed by atoms with Gasteiger partial charge in [0.05, 0.1) is 7.11 Å². The molecule has 1 atom stereocenters. The summed E-state index contributed by atoms with van der Waals surface area (Å²) in [6.45, 7) is 1.73. The number of carbonyl (C=O) groups excluding carboxylic acids is 1. The molecule has 0 radical (unpaired) electrons. The first-order valence-corrected chi connectivity index (χ1v) is 7.11. The predicted octanol–water partition coefficient (Wildman–Crippen LogP) is 3.77. The number of halogens is 2. The predicted molar refractivity (Wildman–Crippen MR) is 82.7 cm³/mol. The normalized spacial score (nSPS) is 11.7. The average molecular weight is 321 g/mol. The summed E-state index contributed by atoms with van der Waals surface area (Å²) < 4.78 is 38.0. The van der Waals surface area contributed by atoms with Crippen LogP contribution in [0.4, 0.5) is 14.5 Å². The number of ether oxygens (including phenoxy) is 2. The lowest BCUT2D eigenvalue weighted by atomic mass is 10.2. The van der Waals surface area contributed by atoms with Crippen LogP contribution in [0.1, 0.15) is 13.3 Å². The van der Waals surface area contributed by atoms with E-state index in [4.69, 9.17) is 9.47 Å². The third-order valence-electron chi connectivity index (χ3n) is 3.21. The molecule has 1 amide bonds. The van der Waals surface area contributed by atoms with Crippen molar-refractivity contribution in [2.75, 3.05) is 12.4 Å². The van der Waals surface area contributed by atoms with Crippen molar-refractivity contribution in [1.82, 2.24) is 0 Å². The Labute approximate surface area is 133 Å². The zero-order valence-electron chi connectivity index (χ0n) is 12.8. The van der Waals surface area contributed by atoms with Gasteiger partial charge in [0.2, 0.25) is 0 Å². The van der Waals surface area contributed by atoms with E-state index in [1.54, 1.807) is 31.2 Å². The monoisotopic (exact) mass is 321 g/mol. The Morgan fingerprint density at radius 1 is 1.09 bits per heavy atom. The van der Waals surface area contributed by atoms with Crippen molar-refractivity contribution in [3.63, 3.8) is 0 Å². The Hall–Kier alpha value is -2.63. The van der Waals surface area contributed by atoms with E-state index in [2.05, 4.69) is 5.32 Å². The van der Waals surface area contributed by atoms with Gasteiger partial charge in [0.15, 0.2) is 17.6 Å². The molecule has 0 bridgehead atoms. The van der Waals surface area contributed by atoms with Gasteiger partial charge in [0.25, 0.3) is 5.91 Å². The summed E-state index contributed by atoms with van der Waals surface area (Å²) in [4.78, 5) is 12.2. The highest BCUT2D eigenvalue weighted by molar-refractivity contribution is 5.94. The van der Waals surface area contributed by atoms with Crippen LogP contribution in [0.3, 0.4) is 0 Å². The van der Waals surface area contributed by atoms with Gasteiger partial charge in [-0.1, -0.05) is 25.1 Å². The van der Waals surface area contributed by atoms with Crippen LogP contribution in [0.2, 0.25) is 0 Å². The van der Waals surface area contributed by atoms with Crippen LogP contribution in [0, 0.1) is 11.6 Å². The summed E-state index contributed by atoms with van der Waals surface area (Å²) in [5.41, 5.74) is -0.487. The fourth-order valence-corrected chi connectivity index (χ4v) is 2.01. The molecule has 1 unspecified atom stereocenters. The molecule has 0 spiro atoms. The van der Waals surface area contributed by atoms with Gasteiger partial charge in [-0.3, -0.25) is 4.79 Å². The SMILES string of the molecule is CCC(Oc1ccccc1OC)C(=O)Nc1c(F)cccc1F. The van der Waals surface area contributed by atoms with Crippen LogP contribution in [0.25, 0.3) is 0 Å². The topological polar surface area (TPSA) is 47.6 Å². The van der Waals surface area contributed by atoms with Crippen molar-refractivity contribution < 1.29 is 23.0 Å². The van der Waals surface area contributed by atoms with Crippen LogP contribution < -0.4 is 14.8 Å². The standard InChI is InChI=1S/C17H17F2NO3/c1-3-13(23-15-10-5-4-9-14(15)22-2)17(21)20-16-11(18)7-6-8-12(16)19/h4-10,13H,3H2,1-2H3,(H,20,21). The van der Waals surface area contributed by atoms with Gasteiger partial charge >= 0.3 is 0 Å². The number of nitrogens with one attached hydrogen (secondary N) is 1. The molecule has 0 heterocycles. The van der Waals surface area contributed by atoms with Gasteiger partial charge in [-0.2, -0.15) is 0 Å². The highest BCUT2D eigenvalue weighted by atomic mass is 19.1. The molecule has 23 heavy (non-hydrogen) atoms. The van der Waals surface area contributed by atoms with Crippen molar-refractivity contribution in [3.8, 4) is 11.5 Å². The molecular weight excluding hydrogens is 304 g/mol. The van der Waals surface area contributed by atoms with Crippen molar-refractivity contribution in [2.24, 2.45) is 0 Å². The maximum Gasteiger partial charge on any atom is 0.265 e. The lowest BCUT2D eigenvalue weighted by Crippen LogP contribution is -2.33. The zero-order chi connectivity index (χ0) is 16.8. The van der Waals surface area contributed by atoms with E-state index in [1.165, 1.54) is 13.2 Å². The van der Waals surface area contributed by atoms with Crippen molar-refractivity contribution in [1.29, 1.82) is 0 Å². The maximum absolute atomic E-state index is 13.6. The number of methoxy groups -OCH3 is 1. The quantitative estimate of drug-likeness (QED) is 0.881. The molecule has 2 aromatic rings. The number of hydrogen-bond acceptors (Lipinski definition) is 3. The number of hydrogen-bond donors (Lipinski definition) is 1. The summed E-state index contributed by atoms with van der Waals surface area (Å²) in [7, 11) is 1.48. The van der Waals surface area contributed by atoms with Crippen molar-refractivity contribution >= 4 is 11.6 Å². The zero-order valence-corrected chi connectivity index (χ0v) is 12.8. The highest BCUT2D eigenvalue weighted by Gasteiger charge is 2.22. The second-order valence-corrected chi connectivity index (χ2v) is 4.75. The third-order valence-corrected chi connectivity index (χ3v) is 3.21. The van der Waals surface area contributed by atoms with Gasteiger partial charge in [-0.05, 0) is 30.7 Å². The molecule has 0 saturated carbocycles. The van der Waals surface area contributed by atoms with E-state index < -0.39 is 29.3 Å². The summed E-state index contributed by atoms with van der Waals surface area (Å²) in [5.74, 6) is -1.47. The Morgan fingerprint density at radius 2 is 1.70 bits per heavy atom. The molecular formula is C17H17F2NO3. The van der Waals surface area contributed by atoms with E-state index in [0.717, 1.165) is 12.1 Å². The van der Waals surface area contributed by atoms with Crippen molar-refractivity contribution in [3.05, 3.63) is 54.1 Å². The number of benzene rings is 2. The fraction of sp³-hybridized carbons (Fsp3) is 0.235. The minimum Gasteiger partial charge on any atom is -0.493 e. The van der Waals surface area contributed by atoms with E-state index in [0.29, 0.717) is 17.9 Å². The lowest BCUT2D eigenvalue weighted by Gasteiger charge is -2.19. The summed E-state index contributed by atoms with van der Waals surface area (Å²) in [5, 5.41) is 2.23. The van der Waals surface area contributed by atoms with Gasteiger partial charge in [0.1, 0.15) is 17.3 Å². The second-order valence-electron chi connectivity index (χ2n) is 4.75. The molecule has 0 fully saturated rings. The smallest absolute Gasteiger partial charge is 0.265 e. The number of amides is 1. The van der Waals surface area contributed by atoms with Gasteiger partial charge in [-0.15, -0.1) is 0 Å². The van der Waals surface area contributed by atoms with Gasteiger partial charge < -0.3 is 14.8 Å². The Morgan fingerprint density at radius 3 is 2.26 bits per heavy atom. The molecule has 0 aliphatic rings. The van der Waals surface area contributed by atoms with Crippen LogP contribution in [0.5, 0.6) is 11.5 Å². The first-order chi connectivity index (χ1) is 11.1. The van der Waals surface area contributed by atoms with E-state index in [-0.39, 0.29) is 0 Å². The second kappa shape index (κ2) is 7.58. The first kappa shape index (κ1) is 16.7. The molecule has 2 rings (SSSR count). The van der Waals surface area contributed by atoms with Gasteiger partial charge in [0, 0.05) is 0 Å². The fourth-order valence-electron chi connectivity index (χ4n) is 2.01. The maximum atomic E-state index is 13.6. The summed E-state index contributed by atoms with van der Waals surface area (Å²) in [6.07, 6.45) is -0.592. The number of rotatable bonds is 6. The van der Waals surface area contributed by atoms with E-state index >= 15 is 0 Å². The lowest BCUT2D eigenvalue weighted by molar-refractivity contribution is -0.122. The third kappa shape index (κ3) is 3.97. The molecule has 0 aliphatic carbocycles. The molecule has 6 heteroatoms. The number of carbonyl (C=O) groups is 1. The average Bonchev–Trinajstić information content (AvgIpc) is 2.56. The highest BCUT2D eigenvalue weighted by Crippen LogP contribution is 2.28. The Balaban J connectivity index is 2.16. The van der Waals surface area contributed by atoms with E-state index in [1.807, 2.05) is 0 Å². The summed E-state index contributed by atoms with van der Waals surface area (Å²) >= 11 is 0. The molecule has 0 aliphatic heterocycles. The van der Waals surface area contributed by atoms with Crippen LogP contribution in [0.15, 0.2) is 42.5 Å². The van der Waals surface area contributed by atoms with Crippen LogP contribution in [-0.2, 0) is 4.79 Å². The molecule has 4 nitrogen and oxygen atoms in total. The number of para-hydroxylation sites is 3. The van der Waals surface area contributed by atoms with Gasteiger partial charge in [-0.25, -0.2) is 8.78 Å². The Kier molecular flexibility index (Phi) is 5.51. The van der Waals surface area contributed by atoms with Crippen LogP contribution in [-0.4, -0.2) is 19.1 Å². The number of anilines is 1. The largest absolute Gasteiger partial charge is 0.493 e. The first-order valence-electron chi connectivity index (χ1n) is 7.11. The molecule has 122 valence electrons. The minimum absolute atomic E-state index is 0.319. The molecule has 0 aromatic heterocycles.